The van der Waals surface area contributed by atoms with Crippen molar-refractivity contribution in [2.24, 2.45) is 0 Å². The van der Waals surface area contributed by atoms with Gasteiger partial charge < -0.3 is 14.5 Å². The molecular formula is C18H28N2O2S. The predicted octanol–water partition coefficient (Wildman–Crippen LogP) is 3.27. The van der Waals surface area contributed by atoms with Gasteiger partial charge in [-0.3, -0.25) is 4.79 Å². The maximum Gasteiger partial charge on any atom is 0.232 e. The summed E-state index contributed by atoms with van der Waals surface area (Å²) in [4.78, 5) is 16.6. The molecule has 5 heteroatoms. The van der Waals surface area contributed by atoms with E-state index in [0.29, 0.717) is 12.4 Å². The summed E-state index contributed by atoms with van der Waals surface area (Å²) in [6, 6.07) is 8.14. The molecule has 23 heavy (non-hydrogen) atoms. The normalized spacial score (nSPS) is 15.7. The highest BCUT2D eigenvalue weighted by molar-refractivity contribution is 8.01. The van der Waals surface area contributed by atoms with Gasteiger partial charge in [-0.1, -0.05) is 32.9 Å². The number of benzene rings is 1. The molecule has 1 aromatic carbocycles. The zero-order chi connectivity index (χ0) is 16.9. The van der Waals surface area contributed by atoms with Gasteiger partial charge in [-0.2, -0.15) is 0 Å². The lowest BCUT2D eigenvalue weighted by molar-refractivity contribution is -0.128. The second-order valence-electron chi connectivity index (χ2n) is 6.67. The SMILES string of the molecule is CCOc1ccccc1N1CCN(C(=O)CSC(C)(C)C)CC1. The highest BCUT2D eigenvalue weighted by Crippen LogP contribution is 2.29. The van der Waals surface area contributed by atoms with Gasteiger partial charge >= 0.3 is 0 Å². The minimum atomic E-state index is 0.133. The molecule has 0 unspecified atom stereocenters. The lowest BCUT2D eigenvalue weighted by Crippen LogP contribution is -2.49. The standard InChI is InChI=1S/C18H28N2O2S/c1-5-22-16-9-7-6-8-15(16)19-10-12-20(13-11-19)17(21)14-23-18(2,3)4/h6-9H,5,10-14H2,1-4H3. The predicted molar refractivity (Wildman–Crippen MR) is 98.6 cm³/mol. The quantitative estimate of drug-likeness (QED) is 0.826. The number of hydrogen-bond donors (Lipinski definition) is 0. The number of hydrogen-bond acceptors (Lipinski definition) is 4. The van der Waals surface area contributed by atoms with Crippen LogP contribution in [0.1, 0.15) is 27.7 Å². The Morgan fingerprint density at radius 3 is 2.43 bits per heavy atom. The smallest absolute Gasteiger partial charge is 0.232 e. The molecule has 0 spiro atoms. The molecule has 0 aliphatic carbocycles. The van der Waals surface area contributed by atoms with Crippen molar-refractivity contribution in [1.82, 2.24) is 4.90 Å². The lowest BCUT2D eigenvalue weighted by Gasteiger charge is -2.37. The Morgan fingerprint density at radius 2 is 1.83 bits per heavy atom. The average Bonchev–Trinajstić information content (AvgIpc) is 2.53. The number of carbonyl (C=O) groups is 1. The fourth-order valence-electron chi connectivity index (χ4n) is 2.56. The van der Waals surface area contributed by atoms with E-state index in [1.807, 2.05) is 30.0 Å². The number of thioether (sulfide) groups is 1. The summed E-state index contributed by atoms with van der Waals surface area (Å²) in [5, 5.41) is 0. The number of piperazine rings is 1. The molecule has 1 aliphatic rings. The molecule has 0 aromatic heterocycles. The number of carbonyl (C=O) groups excluding carboxylic acids is 1. The lowest BCUT2D eigenvalue weighted by atomic mass is 10.2. The average molecular weight is 337 g/mol. The van der Waals surface area contributed by atoms with Gasteiger partial charge in [-0.25, -0.2) is 0 Å². The van der Waals surface area contributed by atoms with E-state index in [9.17, 15) is 4.79 Å². The van der Waals surface area contributed by atoms with Gasteiger partial charge in [0, 0.05) is 30.9 Å². The minimum absolute atomic E-state index is 0.133. The van der Waals surface area contributed by atoms with Crippen LogP contribution < -0.4 is 9.64 Å². The van der Waals surface area contributed by atoms with Crippen LogP contribution in [0.2, 0.25) is 0 Å². The number of anilines is 1. The van der Waals surface area contributed by atoms with E-state index in [4.69, 9.17) is 4.74 Å². The third-order valence-electron chi connectivity index (χ3n) is 3.77. The van der Waals surface area contributed by atoms with Crippen molar-refractivity contribution in [2.45, 2.75) is 32.4 Å². The van der Waals surface area contributed by atoms with Gasteiger partial charge in [0.05, 0.1) is 18.0 Å². The molecule has 0 atom stereocenters. The third-order valence-corrected chi connectivity index (χ3v) is 5.02. The van der Waals surface area contributed by atoms with Crippen molar-refractivity contribution >= 4 is 23.4 Å². The Bertz CT molecular complexity index is 520. The second-order valence-corrected chi connectivity index (χ2v) is 8.47. The largest absolute Gasteiger partial charge is 0.492 e. The van der Waals surface area contributed by atoms with Crippen molar-refractivity contribution in [2.75, 3.05) is 43.4 Å². The summed E-state index contributed by atoms with van der Waals surface area (Å²) in [6.07, 6.45) is 0. The van der Waals surface area contributed by atoms with Crippen LogP contribution in [-0.4, -0.2) is 54.1 Å². The second kappa shape index (κ2) is 7.95. The maximum atomic E-state index is 12.3. The molecule has 1 fully saturated rings. The monoisotopic (exact) mass is 336 g/mol. The van der Waals surface area contributed by atoms with E-state index in [1.54, 1.807) is 11.8 Å². The summed E-state index contributed by atoms with van der Waals surface area (Å²) in [7, 11) is 0. The molecule has 2 rings (SSSR count). The van der Waals surface area contributed by atoms with Crippen LogP contribution in [0.5, 0.6) is 5.75 Å². The molecular weight excluding hydrogens is 308 g/mol. The van der Waals surface area contributed by atoms with Gasteiger partial charge in [0.1, 0.15) is 5.75 Å². The Balaban J connectivity index is 1.90. The Morgan fingerprint density at radius 1 is 1.17 bits per heavy atom. The van der Waals surface area contributed by atoms with Crippen LogP contribution in [0.4, 0.5) is 5.69 Å². The van der Waals surface area contributed by atoms with Crippen LogP contribution in [0.3, 0.4) is 0 Å². The van der Waals surface area contributed by atoms with Gasteiger partial charge in [0.25, 0.3) is 0 Å². The van der Waals surface area contributed by atoms with E-state index < -0.39 is 0 Å². The number of amides is 1. The van der Waals surface area contributed by atoms with Crippen LogP contribution >= 0.6 is 11.8 Å². The highest BCUT2D eigenvalue weighted by atomic mass is 32.2. The third kappa shape index (κ3) is 5.34. The van der Waals surface area contributed by atoms with E-state index in [0.717, 1.165) is 37.6 Å². The number of ether oxygens (including phenoxy) is 1. The van der Waals surface area contributed by atoms with Crippen LogP contribution in [0, 0.1) is 0 Å². The fourth-order valence-corrected chi connectivity index (χ4v) is 3.30. The topological polar surface area (TPSA) is 32.8 Å². The first-order chi connectivity index (χ1) is 10.9. The Hall–Kier alpha value is -1.36. The van der Waals surface area contributed by atoms with Crippen molar-refractivity contribution in [3.05, 3.63) is 24.3 Å². The van der Waals surface area contributed by atoms with Gasteiger partial charge in [0.15, 0.2) is 0 Å². The van der Waals surface area contributed by atoms with Crippen LogP contribution in [0.25, 0.3) is 0 Å². The van der Waals surface area contributed by atoms with Gasteiger partial charge in [0.2, 0.25) is 5.91 Å². The number of nitrogens with zero attached hydrogens (tertiary/aromatic N) is 2. The Kier molecular flexibility index (Phi) is 6.22. The first-order valence-electron chi connectivity index (χ1n) is 8.29. The number of rotatable bonds is 5. The van der Waals surface area contributed by atoms with Crippen molar-refractivity contribution in [3.8, 4) is 5.75 Å². The van der Waals surface area contributed by atoms with Crippen molar-refractivity contribution in [1.29, 1.82) is 0 Å². The van der Waals surface area contributed by atoms with Crippen molar-refractivity contribution in [3.63, 3.8) is 0 Å². The van der Waals surface area contributed by atoms with Gasteiger partial charge in [-0.15, -0.1) is 11.8 Å². The fraction of sp³-hybridized carbons (Fsp3) is 0.611. The molecule has 0 bridgehead atoms. The molecule has 1 saturated heterocycles. The summed E-state index contributed by atoms with van der Waals surface area (Å²) in [5.41, 5.74) is 1.13. The molecule has 0 radical (unpaired) electrons. The summed E-state index contributed by atoms with van der Waals surface area (Å²) in [5.74, 6) is 1.75. The Labute approximate surface area is 144 Å². The summed E-state index contributed by atoms with van der Waals surface area (Å²) >= 11 is 1.72. The first-order valence-corrected chi connectivity index (χ1v) is 9.28. The van der Waals surface area contributed by atoms with Crippen LogP contribution in [-0.2, 0) is 4.79 Å². The number of para-hydroxylation sites is 2. The summed E-state index contributed by atoms with van der Waals surface area (Å²) < 4.78 is 5.85. The molecule has 4 nitrogen and oxygen atoms in total. The van der Waals surface area contributed by atoms with E-state index >= 15 is 0 Å². The highest BCUT2D eigenvalue weighted by Gasteiger charge is 2.24. The molecule has 1 aliphatic heterocycles. The van der Waals surface area contributed by atoms with Gasteiger partial charge in [-0.05, 0) is 19.1 Å². The van der Waals surface area contributed by atoms with E-state index in [2.05, 4.69) is 31.7 Å². The van der Waals surface area contributed by atoms with E-state index in [-0.39, 0.29) is 10.7 Å². The molecule has 0 saturated carbocycles. The van der Waals surface area contributed by atoms with Crippen molar-refractivity contribution < 1.29 is 9.53 Å². The first kappa shape index (κ1) is 18.0. The molecule has 128 valence electrons. The maximum absolute atomic E-state index is 12.3. The molecule has 1 amide bonds. The molecule has 1 heterocycles. The van der Waals surface area contributed by atoms with E-state index in [1.165, 1.54) is 0 Å². The summed E-state index contributed by atoms with van der Waals surface area (Å²) in [6.45, 7) is 12.4. The molecule has 1 aromatic rings. The minimum Gasteiger partial charge on any atom is -0.492 e. The van der Waals surface area contributed by atoms with Crippen LogP contribution in [0.15, 0.2) is 24.3 Å². The zero-order valence-electron chi connectivity index (χ0n) is 14.7. The zero-order valence-corrected chi connectivity index (χ0v) is 15.5. The molecule has 0 N–H and O–H groups in total.